The zero-order valence-electron chi connectivity index (χ0n) is 6.62. The number of nitrogens with two attached hydrogens (primary N) is 1. The second kappa shape index (κ2) is 2.32. The van der Waals surface area contributed by atoms with Crippen molar-refractivity contribution in [2.24, 2.45) is 5.84 Å². The van der Waals surface area contributed by atoms with Crippen LogP contribution in [0.3, 0.4) is 0 Å². The maximum absolute atomic E-state index is 5.67. The van der Waals surface area contributed by atoms with E-state index in [0.29, 0.717) is 0 Å². The van der Waals surface area contributed by atoms with Crippen molar-refractivity contribution in [1.29, 1.82) is 0 Å². The van der Waals surface area contributed by atoms with Crippen LogP contribution in [0.15, 0.2) is 6.33 Å². The Balaban J connectivity index is 2.37. The fourth-order valence-electron chi connectivity index (χ4n) is 1.41. The molecule has 0 aliphatic carbocycles. The molecule has 0 atom stereocenters. The maximum Gasteiger partial charge on any atom is 0.0952 e. The molecule has 2 rings (SSSR count). The molecule has 60 valence electrons. The van der Waals surface area contributed by atoms with Crippen LogP contribution >= 0.6 is 0 Å². The van der Waals surface area contributed by atoms with E-state index in [1.54, 1.807) is 0 Å². The predicted octanol–water partition coefficient (Wildman–Crippen LogP) is -0.119. The highest BCUT2D eigenvalue weighted by Gasteiger charge is 2.15. The summed E-state index contributed by atoms with van der Waals surface area (Å²) in [7, 11) is 0. The summed E-state index contributed by atoms with van der Waals surface area (Å²) in [6.45, 7) is 4.73. The van der Waals surface area contributed by atoms with Gasteiger partial charge in [0.25, 0.3) is 0 Å². The molecule has 1 aromatic heterocycles. The molecule has 0 bridgehead atoms. The number of aromatic nitrogens is 2. The Morgan fingerprint density at radius 3 is 3.18 bits per heavy atom. The van der Waals surface area contributed by atoms with Gasteiger partial charge in [0.15, 0.2) is 0 Å². The van der Waals surface area contributed by atoms with Gasteiger partial charge in [-0.3, -0.25) is 5.84 Å². The molecule has 0 saturated heterocycles. The largest absolute Gasteiger partial charge is 0.332 e. The monoisotopic (exact) mass is 152 g/mol. The lowest BCUT2D eigenvalue weighted by molar-refractivity contribution is 0.226. The first kappa shape index (κ1) is 6.82. The van der Waals surface area contributed by atoms with Crippen LogP contribution in [0.5, 0.6) is 0 Å². The lowest BCUT2D eigenvalue weighted by atomic mass is 10.3. The number of nitrogens with zero attached hydrogens (tertiary/aromatic N) is 3. The summed E-state index contributed by atoms with van der Waals surface area (Å²) < 4.78 is 2.17. The third-order valence-corrected chi connectivity index (χ3v) is 2.14. The average Bonchev–Trinajstić information content (AvgIpc) is 2.33. The molecule has 4 nitrogen and oxygen atoms in total. The number of hydrazine groups is 1. The Morgan fingerprint density at radius 1 is 1.55 bits per heavy atom. The summed E-state index contributed by atoms with van der Waals surface area (Å²) in [6.07, 6.45) is 1.89. The zero-order chi connectivity index (χ0) is 7.84. The van der Waals surface area contributed by atoms with Gasteiger partial charge >= 0.3 is 0 Å². The highest BCUT2D eigenvalue weighted by atomic mass is 15.4. The van der Waals surface area contributed by atoms with E-state index in [2.05, 4.69) is 9.55 Å². The molecule has 0 radical (unpaired) electrons. The summed E-state index contributed by atoms with van der Waals surface area (Å²) in [5, 5.41) is 1.82. The summed E-state index contributed by atoms with van der Waals surface area (Å²) >= 11 is 0. The van der Waals surface area contributed by atoms with E-state index in [0.717, 1.165) is 25.3 Å². The SMILES string of the molecule is Cc1ncn2c1CN(N)CC2. The van der Waals surface area contributed by atoms with Gasteiger partial charge in [-0.25, -0.2) is 9.99 Å². The molecule has 0 unspecified atom stereocenters. The number of imidazole rings is 1. The van der Waals surface area contributed by atoms with Crippen LogP contribution in [-0.4, -0.2) is 21.1 Å². The van der Waals surface area contributed by atoms with Crippen LogP contribution in [0.2, 0.25) is 0 Å². The number of fused-ring (bicyclic) bond motifs is 1. The number of hydrogen-bond acceptors (Lipinski definition) is 3. The van der Waals surface area contributed by atoms with E-state index >= 15 is 0 Å². The molecule has 2 heterocycles. The Morgan fingerprint density at radius 2 is 2.36 bits per heavy atom. The van der Waals surface area contributed by atoms with E-state index in [4.69, 9.17) is 5.84 Å². The molecule has 0 saturated carbocycles. The third-order valence-electron chi connectivity index (χ3n) is 2.14. The van der Waals surface area contributed by atoms with Crippen molar-refractivity contribution < 1.29 is 0 Å². The molecular formula is C7H12N4. The Bertz CT molecular complexity index is 265. The molecule has 1 aliphatic heterocycles. The first-order chi connectivity index (χ1) is 5.27. The first-order valence-electron chi connectivity index (χ1n) is 3.77. The van der Waals surface area contributed by atoms with E-state index < -0.39 is 0 Å². The minimum absolute atomic E-state index is 0.825. The second-order valence-corrected chi connectivity index (χ2v) is 2.94. The standard InChI is InChI=1S/C7H12N4/c1-6-7-4-11(8)3-2-10(7)5-9-6/h5H,2-4,8H2,1H3. The van der Waals surface area contributed by atoms with Crippen molar-refractivity contribution in [2.75, 3.05) is 6.54 Å². The van der Waals surface area contributed by atoms with Gasteiger partial charge in [0.1, 0.15) is 0 Å². The van der Waals surface area contributed by atoms with Gasteiger partial charge in [-0.2, -0.15) is 0 Å². The van der Waals surface area contributed by atoms with Crippen LogP contribution < -0.4 is 5.84 Å². The van der Waals surface area contributed by atoms with Gasteiger partial charge < -0.3 is 4.57 Å². The van der Waals surface area contributed by atoms with Crippen molar-refractivity contribution in [3.8, 4) is 0 Å². The summed E-state index contributed by atoms with van der Waals surface area (Å²) in [4.78, 5) is 4.21. The highest BCUT2D eigenvalue weighted by Crippen LogP contribution is 2.12. The van der Waals surface area contributed by atoms with Gasteiger partial charge in [0.05, 0.1) is 24.3 Å². The van der Waals surface area contributed by atoms with Crippen LogP contribution in [0.4, 0.5) is 0 Å². The highest BCUT2D eigenvalue weighted by molar-refractivity contribution is 5.12. The fourth-order valence-corrected chi connectivity index (χ4v) is 1.41. The van der Waals surface area contributed by atoms with Crippen molar-refractivity contribution >= 4 is 0 Å². The summed E-state index contributed by atoms with van der Waals surface area (Å²) in [5.74, 6) is 5.67. The predicted molar refractivity (Wildman–Crippen MR) is 41.6 cm³/mol. The number of hydrogen-bond donors (Lipinski definition) is 1. The first-order valence-corrected chi connectivity index (χ1v) is 3.77. The van der Waals surface area contributed by atoms with E-state index in [1.165, 1.54) is 5.69 Å². The van der Waals surface area contributed by atoms with Crippen LogP contribution in [0, 0.1) is 6.92 Å². The van der Waals surface area contributed by atoms with Gasteiger partial charge in [-0.1, -0.05) is 0 Å². The van der Waals surface area contributed by atoms with Crippen molar-refractivity contribution in [3.05, 3.63) is 17.7 Å². The van der Waals surface area contributed by atoms with Crippen molar-refractivity contribution in [1.82, 2.24) is 14.6 Å². The van der Waals surface area contributed by atoms with E-state index in [9.17, 15) is 0 Å². The van der Waals surface area contributed by atoms with Gasteiger partial charge in [0.2, 0.25) is 0 Å². The third kappa shape index (κ3) is 1.04. The molecule has 1 aliphatic rings. The minimum Gasteiger partial charge on any atom is -0.332 e. The molecule has 4 heteroatoms. The normalized spacial score (nSPS) is 18.4. The van der Waals surface area contributed by atoms with Gasteiger partial charge in [-0.15, -0.1) is 0 Å². The minimum atomic E-state index is 0.825. The Hall–Kier alpha value is -0.870. The zero-order valence-corrected chi connectivity index (χ0v) is 6.62. The lowest BCUT2D eigenvalue weighted by Gasteiger charge is -2.23. The van der Waals surface area contributed by atoms with E-state index in [1.807, 2.05) is 18.3 Å². The molecule has 0 aromatic carbocycles. The summed E-state index contributed by atoms with van der Waals surface area (Å²) in [5.41, 5.74) is 2.35. The Kier molecular flexibility index (Phi) is 1.44. The molecule has 2 N–H and O–H groups in total. The van der Waals surface area contributed by atoms with Gasteiger partial charge in [-0.05, 0) is 6.92 Å². The molecule has 11 heavy (non-hydrogen) atoms. The second-order valence-electron chi connectivity index (χ2n) is 2.94. The van der Waals surface area contributed by atoms with Crippen molar-refractivity contribution in [3.63, 3.8) is 0 Å². The molecule has 0 fully saturated rings. The quantitative estimate of drug-likeness (QED) is 0.527. The lowest BCUT2D eigenvalue weighted by Crippen LogP contribution is -2.38. The van der Waals surface area contributed by atoms with Gasteiger partial charge in [0, 0.05) is 13.1 Å². The molecule has 1 aromatic rings. The smallest absolute Gasteiger partial charge is 0.0952 e. The molecule has 0 spiro atoms. The van der Waals surface area contributed by atoms with Crippen LogP contribution in [0.25, 0.3) is 0 Å². The average molecular weight is 152 g/mol. The number of rotatable bonds is 0. The maximum atomic E-state index is 5.67. The van der Waals surface area contributed by atoms with Crippen LogP contribution in [-0.2, 0) is 13.1 Å². The molecular weight excluding hydrogens is 140 g/mol. The number of aryl methyl sites for hydroxylation is 1. The topological polar surface area (TPSA) is 47.1 Å². The summed E-state index contributed by atoms with van der Waals surface area (Å²) in [6, 6.07) is 0. The Labute approximate surface area is 65.6 Å². The molecule has 0 amide bonds. The fraction of sp³-hybridized carbons (Fsp3) is 0.571. The van der Waals surface area contributed by atoms with E-state index in [-0.39, 0.29) is 0 Å². The van der Waals surface area contributed by atoms with Crippen LogP contribution in [0.1, 0.15) is 11.4 Å². The van der Waals surface area contributed by atoms with Crippen molar-refractivity contribution in [2.45, 2.75) is 20.0 Å².